The summed E-state index contributed by atoms with van der Waals surface area (Å²) < 4.78 is 0. The summed E-state index contributed by atoms with van der Waals surface area (Å²) >= 11 is 0. The quantitative estimate of drug-likeness (QED) is 0.787. The minimum atomic E-state index is 0.603. The number of aldehydes is 1. The number of nitrogens with zero attached hydrogens (tertiary/aromatic N) is 3. The van der Waals surface area contributed by atoms with Crippen LogP contribution in [0.25, 0.3) is 0 Å². The van der Waals surface area contributed by atoms with Gasteiger partial charge in [0.1, 0.15) is 6.29 Å². The number of benzene rings is 1. The summed E-state index contributed by atoms with van der Waals surface area (Å²) in [6.07, 6.45) is 1.53. The molecule has 1 heterocycles. The van der Waals surface area contributed by atoms with E-state index in [0.29, 0.717) is 6.42 Å². The second kappa shape index (κ2) is 6.53. The summed E-state index contributed by atoms with van der Waals surface area (Å²) in [6, 6.07) is 6.29. The molecule has 20 heavy (non-hydrogen) atoms. The smallest absolute Gasteiger partial charge is 0.150 e. The molecule has 4 nitrogen and oxygen atoms in total. The van der Waals surface area contributed by atoms with Crippen LogP contribution < -0.4 is 4.90 Å². The summed E-state index contributed by atoms with van der Waals surface area (Å²) in [4.78, 5) is 15.7. The lowest BCUT2D eigenvalue weighted by Crippen LogP contribution is -2.46. The van der Waals surface area contributed by atoms with Crippen molar-refractivity contribution in [1.82, 2.24) is 4.90 Å². The van der Waals surface area contributed by atoms with Crippen molar-refractivity contribution in [1.29, 1.82) is 5.26 Å². The third kappa shape index (κ3) is 3.17. The van der Waals surface area contributed by atoms with Gasteiger partial charge in [-0.25, -0.2) is 0 Å². The van der Waals surface area contributed by atoms with Crippen molar-refractivity contribution in [2.24, 2.45) is 0 Å². The first-order chi connectivity index (χ1) is 9.65. The normalized spacial score (nSPS) is 15.9. The molecule has 0 amide bonds. The average Bonchev–Trinajstić information content (AvgIpc) is 2.47. The van der Waals surface area contributed by atoms with Crippen molar-refractivity contribution in [2.45, 2.75) is 20.3 Å². The number of piperazine rings is 1. The first-order valence-electron chi connectivity index (χ1n) is 7.06. The molecule has 0 bridgehead atoms. The second-order valence-electron chi connectivity index (χ2n) is 5.35. The van der Waals surface area contributed by atoms with Gasteiger partial charge in [-0.15, -0.1) is 0 Å². The SMILES string of the molecule is Cc1cc(N2CCN(CCC#N)CC2)c(C)cc1C=O. The highest BCUT2D eigenvalue weighted by Gasteiger charge is 2.18. The Hall–Kier alpha value is -1.86. The van der Waals surface area contributed by atoms with Gasteiger partial charge in [0.15, 0.2) is 0 Å². The molecule has 1 aromatic carbocycles. The molecular weight excluding hydrogens is 250 g/mol. The lowest BCUT2D eigenvalue weighted by Gasteiger charge is -2.36. The predicted molar refractivity (Wildman–Crippen MR) is 80.2 cm³/mol. The van der Waals surface area contributed by atoms with Gasteiger partial charge in [0.2, 0.25) is 0 Å². The van der Waals surface area contributed by atoms with Gasteiger partial charge >= 0.3 is 0 Å². The van der Waals surface area contributed by atoms with Crippen molar-refractivity contribution in [3.8, 4) is 6.07 Å². The number of carbonyl (C=O) groups is 1. The Morgan fingerprint density at radius 3 is 2.50 bits per heavy atom. The van der Waals surface area contributed by atoms with Gasteiger partial charge in [0, 0.05) is 50.4 Å². The number of anilines is 1. The van der Waals surface area contributed by atoms with Crippen LogP contribution in [0.4, 0.5) is 5.69 Å². The third-order valence-corrected chi connectivity index (χ3v) is 3.96. The monoisotopic (exact) mass is 271 g/mol. The zero-order valence-corrected chi connectivity index (χ0v) is 12.2. The Balaban J connectivity index is 2.05. The van der Waals surface area contributed by atoms with E-state index in [1.165, 1.54) is 5.69 Å². The van der Waals surface area contributed by atoms with Gasteiger partial charge < -0.3 is 4.90 Å². The number of aryl methyl sites for hydroxylation is 2. The summed E-state index contributed by atoms with van der Waals surface area (Å²) in [6.45, 7) is 8.86. The van der Waals surface area contributed by atoms with E-state index in [2.05, 4.69) is 28.9 Å². The molecule has 0 unspecified atom stereocenters. The summed E-state index contributed by atoms with van der Waals surface area (Å²) in [5, 5.41) is 8.63. The molecule has 0 atom stereocenters. The van der Waals surface area contributed by atoms with Crippen LogP contribution in [0.2, 0.25) is 0 Å². The van der Waals surface area contributed by atoms with E-state index in [1.54, 1.807) is 0 Å². The van der Waals surface area contributed by atoms with E-state index in [0.717, 1.165) is 55.7 Å². The lowest BCUT2D eigenvalue weighted by atomic mass is 10.0. The Bertz CT molecular complexity index is 525. The fourth-order valence-corrected chi connectivity index (χ4v) is 2.71. The zero-order chi connectivity index (χ0) is 14.5. The van der Waals surface area contributed by atoms with Crippen LogP contribution in [0.1, 0.15) is 27.9 Å². The molecule has 0 aromatic heterocycles. The van der Waals surface area contributed by atoms with Crippen LogP contribution in [-0.4, -0.2) is 43.9 Å². The van der Waals surface area contributed by atoms with E-state index < -0.39 is 0 Å². The van der Waals surface area contributed by atoms with Crippen molar-refractivity contribution >= 4 is 12.0 Å². The van der Waals surface area contributed by atoms with E-state index in [1.807, 2.05) is 13.0 Å². The fourth-order valence-electron chi connectivity index (χ4n) is 2.71. The second-order valence-corrected chi connectivity index (χ2v) is 5.35. The highest BCUT2D eigenvalue weighted by molar-refractivity contribution is 5.79. The molecule has 0 N–H and O–H groups in total. The van der Waals surface area contributed by atoms with Gasteiger partial charge in [-0.05, 0) is 37.1 Å². The molecular formula is C16H21N3O. The first kappa shape index (κ1) is 14.5. The van der Waals surface area contributed by atoms with Gasteiger partial charge in [0.25, 0.3) is 0 Å². The van der Waals surface area contributed by atoms with E-state index in [4.69, 9.17) is 5.26 Å². The predicted octanol–water partition coefficient (Wildman–Crippen LogP) is 2.15. The van der Waals surface area contributed by atoms with Crippen molar-refractivity contribution in [3.63, 3.8) is 0 Å². The first-order valence-corrected chi connectivity index (χ1v) is 7.06. The Kier molecular flexibility index (Phi) is 4.75. The van der Waals surface area contributed by atoms with E-state index >= 15 is 0 Å². The highest BCUT2D eigenvalue weighted by Crippen LogP contribution is 2.24. The standard InChI is InChI=1S/C16H21N3O/c1-13-11-16(14(2)10-15(13)12-20)19-8-6-18(7-9-19)5-3-4-17/h10-12H,3,5-9H2,1-2H3. The van der Waals surface area contributed by atoms with Gasteiger partial charge in [-0.1, -0.05) is 0 Å². The van der Waals surface area contributed by atoms with Gasteiger partial charge in [-0.2, -0.15) is 5.26 Å². The molecule has 2 rings (SSSR count). The Morgan fingerprint density at radius 1 is 1.20 bits per heavy atom. The number of rotatable bonds is 4. The zero-order valence-electron chi connectivity index (χ0n) is 12.2. The molecule has 4 heteroatoms. The molecule has 0 aliphatic carbocycles. The summed E-state index contributed by atoms with van der Waals surface area (Å²) in [7, 11) is 0. The molecule has 1 fully saturated rings. The van der Waals surface area contributed by atoms with Crippen molar-refractivity contribution in [3.05, 3.63) is 28.8 Å². The van der Waals surface area contributed by atoms with Crippen LogP contribution >= 0.6 is 0 Å². The lowest BCUT2D eigenvalue weighted by molar-refractivity contribution is 0.112. The molecule has 0 radical (unpaired) electrons. The number of hydrogen-bond acceptors (Lipinski definition) is 4. The van der Waals surface area contributed by atoms with Crippen molar-refractivity contribution < 1.29 is 4.79 Å². The van der Waals surface area contributed by atoms with Gasteiger partial charge in [0.05, 0.1) is 6.07 Å². The maximum Gasteiger partial charge on any atom is 0.150 e. The maximum absolute atomic E-state index is 11.0. The molecule has 1 saturated heterocycles. The minimum Gasteiger partial charge on any atom is -0.369 e. The van der Waals surface area contributed by atoms with E-state index in [9.17, 15) is 4.79 Å². The molecule has 0 spiro atoms. The summed E-state index contributed by atoms with van der Waals surface area (Å²) in [5.74, 6) is 0. The molecule has 1 aromatic rings. The van der Waals surface area contributed by atoms with Crippen LogP contribution in [0.5, 0.6) is 0 Å². The van der Waals surface area contributed by atoms with Gasteiger partial charge in [-0.3, -0.25) is 9.69 Å². The largest absolute Gasteiger partial charge is 0.369 e. The van der Waals surface area contributed by atoms with Crippen LogP contribution in [0, 0.1) is 25.2 Å². The Labute approximate surface area is 120 Å². The molecule has 1 aliphatic heterocycles. The maximum atomic E-state index is 11.0. The fraction of sp³-hybridized carbons (Fsp3) is 0.500. The van der Waals surface area contributed by atoms with Crippen LogP contribution in [0.15, 0.2) is 12.1 Å². The third-order valence-electron chi connectivity index (χ3n) is 3.96. The van der Waals surface area contributed by atoms with Crippen LogP contribution in [-0.2, 0) is 0 Å². The highest BCUT2D eigenvalue weighted by atomic mass is 16.1. The topological polar surface area (TPSA) is 47.3 Å². The minimum absolute atomic E-state index is 0.603. The molecule has 1 aliphatic rings. The number of carbonyl (C=O) groups excluding carboxylic acids is 1. The molecule has 0 saturated carbocycles. The Morgan fingerprint density at radius 2 is 1.90 bits per heavy atom. The summed E-state index contributed by atoms with van der Waals surface area (Å²) in [5.41, 5.74) is 4.20. The molecule has 106 valence electrons. The van der Waals surface area contributed by atoms with Crippen LogP contribution in [0.3, 0.4) is 0 Å². The average molecular weight is 271 g/mol. The van der Waals surface area contributed by atoms with Crippen molar-refractivity contribution in [2.75, 3.05) is 37.6 Å². The number of nitriles is 1. The number of hydrogen-bond donors (Lipinski definition) is 0. The van der Waals surface area contributed by atoms with E-state index in [-0.39, 0.29) is 0 Å².